The number of ether oxygens (including phenoxy) is 1. The number of rotatable bonds is 7. The van der Waals surface area contributed by atoms with Crippen LogP contribution < -0.4 is 15.4 Å². The third kappa shape index (κ3) is 3.99. The molecular weight excluding hydrogens is 286 g/mol. The molecule has 4 nitrogen and oxygen atoms in total. The van der Waals surface area contributed by atoms with E-state index in [-0.39, 0.29) is 0 Å². The summed E-state index contributed by atoms with van der Waals surface area (Å²) in [5.74, 6) is 1.65. The SMILES string of the molecule is CNCCCNc1ccnc2ccc(Oc3ccccc3)cc12. The van der Waals surface area contributed by atoms with E-state index in [1.54, 1.807) is 0 Å². The fraction of sp³-hybridized carbons (Fsp3) is 0.211. The highest BCUT2D eigenvalue weighted by Gasteiger charge is 2.04. The van der Waals surface area contributed by atoms with Gasteiger partial charge in [0.15, 0.2) is 0 Å². The molecule has 4 heteroatoms. The standard InChI is InChI=1S/C19H21N3O/c1-20-11-5-12-21-19-10-13-22-18-9-8-16(14-17(18)19)23-15-6-3-2-4-7-15/h2-4,6-10,13-14,20H,5,11-12H2,1H3,(H,21,22). The van der Waals surface area contributed by atoms with Crippen LogP contribution in [0.1, 0.15) is 6.42 Å². The Bertz CT molecular complexity index is 759. The van der Waals surface area contributed by atoms with Crippen molar-refractivity contribution < 1.29 is 4.74 Å². The van der Waals surface area contributed by atoms with Crippen LogP contribution in [-0.4, -0.2) is 25.1 Å². The van der Waals surface area contributed by atoms with Crippen LogP contribution in [-0.2, 0) is 0 Å². The second-order valence-corrected chi connectivity index (χ2v) is 5.34. The minimum atomic E-state index is 0.815. The van der Waals surface area contributed by atoms with Gasteiger partial charge in [-0.1, -0.05) is 18.2 Å². The van der Waals surface area contributed by atoms with E-state index in [1.807, 2.05) is 67.8 Å². The third-order valence-corrected chi connectivity index (χ3v) is 3.61. The van der Waals surface area contributed by atoms with Crippen molar-refractivity contribution in [3.8, 4) is 11.5 Å². The van der Waals surface area contributed by atoms with Gasteiger partial charge in [0.05, 0.1) is 5.52 Å². The predicted molar refractivity (Wildman–Crippen MR) is 95.3 cm³/mol. The number of anilines is 1. The van der Waals surface area contributed by atoms with Crippen molar-refractivity contribution in [1.82, 2.24) is 10.3 Å². The number of hydrogen-bond acceptors (Lipinski definition) is 4. The van der Waals surface area contributed by atoms with E-state index < -0.39 is 0 Å². The summed E-state index contributed by atoms with van der Waals surface area (Å²) in [7, 11) is 1.97. The van der Waals surface area contributed by atoms with Gasteiger partial charge >= 0.3 is 0 Å². The Labute approximate surface area is 136 Å². The van der Waals surface area contributed by atoms with Crippen LogP contribution in [0.5, 0.6) is 11.5 Å². The highest BCUT2D eigenvalue weighted by atomic mass is 16.5. The normalized spacial score (nSPS) is 10.7. The molecule has 0 aliphatic rings. The smallest absolute Gasteiger partial charge is 0.128 e. The molecule has 23 heavy (non-hydrogen) atoms. The monoisotopic (exact) mass is 307 g/mol. The Hall–Kier alpha value is -2.59. The van der Waals surface area contributed by atoms with Gasteiger partial charge in [0.1, 0.15) is 11.5 Å². The quantitative estimate of drug-likeness (QED) is 0.646. The Morgan fingerprint density at radius 2 is 1.83 bits per heavy atom. The highest BCUT2D eigenvalue weighted by molar-refractivity contribution is 5.92. The average molecular weight is 307 g/mol. The Balaban J connectivity index is 1.82. The number of nitrogens with one attached hydrogen (secondary N) is 2. The molecule has 2 aromatic carbocycles. The summed E-state index contributed by atoms with van der Waals surface area (Å²) in [5.41, 5.74) is 2.05. The molecule has 0 aliphatic heterocycles. The molecule has 1 heterocycles. The summed E-state index contributed by atoms with van der Waals surface area (Å²) in [4.78, 5) is 4.43. The highest BCUT2D eigenvalue weighted by Crippen LogP contribution is 2.28. The third-order valence-electron chi connectivity index (χ3n) is 3.61. The molecule has 0 atom stereocenters. The number of hydrogen-bond donors (Lipinski definition) is 2. The lowest BCUT2D eigenvalue weighted by atomic mass is 10.1. The number of benzene rings is 2. The number of fused-ring (bicyclic) bond motifs is 1. The molecule has 0 aliphatic carbocycles. The summed E-state index contributed by atoms with van der Waals surface area (Å²) in [6.45, 7) is 1.92. The summed E-state index contributed by atoms with van der Waals surface area (Å²) >= 11 is 0. The Morgan fingerprint density at radius 1 is 0.957 bits per heavy atom. The second kappa shape index (κ2) is 7.61. The average Bonchev–Trinajstić information content (AvgIpc) is 2.60. The van der Waals surface area contributed by atoms with E-state index in [1.165, 1.54) is 0 Å². The first-order chi connectivity index (χ1) is 11.4. The van der Waals surface area contributed by atoms with Crippen molar-refractivity contribution in [1.29, 1.82) is 0 Å². The van der Waals surface area contributed by atoms with Gasteiger partial charge in [-0.2, -0.15) is 0 Å². The first-order valence-corrected chi connectivity index (χ1v) is 7.87. The van der Waals surface area contributed by atoms with Crippen molar-refractivity contribution in [2.24, 2.45) is 0 Å². The largest absolute Gasteiger partial charge is 0.457 e. The van der Waals surface area contributed by atoms with Crippen LogP contribution in [0.15, 0.2) is 60.8 Å². The van der Waals surface area contributed by atoms with Crippen molar-refractivity contribution in [2.75, 3.05) is 25.5 Å². The number of pyridine rings is 1. The van der Waals surface area contributed by atoms with E-state index in [0.717, 1.165) is 47.6 Å². The number of nitrogens with zero attached hydrogens (tertiary/aromatic N) is 1. The molecule has 1 aromatic heterocycles. The lowest BCUT2D eigenvalue weighted by molar-refractivity contribution is 0.483. The molecule has 0 unspecified atom stereocenters. The van der Waals surface area contributed by atoms with Crippen LogP contribution >= 0.6 is 0 Å². The Morgan fingerprint density at radius 3 is 2.65 bits per heavy atom. The van der Waals surface area contributed by atoms with Gasteiger partial charge in [-0.3, -0.25) is 4.98 Å². The van der Waals surface area contributed by atoms with E-state index in [0.29, 0.717) is 0 Å². The molecule has 0 radical (unpaired) electrons. The molecule has 3 rings (SSSR count). The van der Waals surface area contributed by atoms with Crippen molar-refractivity contribution in [3.63, 3.8) is 0 Å². The molecule has 0 bridgehead atoms. The second-order valence-electron chi connectivity index (χ2n) is 5.34. The van der Waals surface area contributed by atoms with Crippen LogP contribution in [0.2, 0.25) is 0 Å². The van der Waals surface area contributed by atoms with E-state index in [9.17, 15) is 0 Å². The van der Waals surface area contributed by atoms with Crippen LogP contribution in [0.25, 0.3) is 10.9 Å². The molecule has 0 amide bonds. The molecule has 0 saturated carbocycles. The van der Waals surface area contributed by atoms with Gasteiger partial charge in [0.25, 0.3) is 0 Å². The van der Waals surface area contributed by atoms with Crippen molar-refractivity contribution in [3.05, 3.63) is 60.8 Å². The predicted octanol–water partition coefficient (Wildman–Crippen LogP) is 4.05. The Kier molecular flexibility index (Phi) is 5.06. The van der Waals surface area contributed by atoms with Crippen LogP contribution in [0.4, 0.5) is 5.69 Å². The maximum atomic E-state index is 5.92. The minimum Gasteiger partial charge on any atom is -0.457 e. The van der Waals surface area contributed by atoms with Gasteiger partial charge in [-0.05, 0) is 56.4 Å². The van der Waals surface area contributed by atoms with Gasteiger partial charge in [0.2, 0.25) is 0 Å². The molecule has 0 saturated heterocycles. The number of para-hydroxylation sites is 1. The van der Waals surface area contributed by atoms with Crippen molar-refractivity contribution in [2.45, 2.75) is 6.42 Å². The summed E-state index contributed by atoms with van der Waals surface area (Å²) < 4.78 is 5.92. The lowest BCUT2D eigenvalue weighted by Crippen LogP contribution is -2.13. The van der Waals surface area contributed by atoms with E-state index >= 15 is 0 Å². The fourth-order valence-electron chi connectivity index (χ4n) is 2.46. The van der Waals surface area contributed by atoms with Gasteiger partial charge in [0, 0.05) is 23.8 Å². The zero-order chi connectivity index (χ0) is 15.9. The molecule has 0 fully saturated rings. The van der Waals surface area contributed by atoms with Crippen LogP contribution in [0, 0.1) is 0 Å². The molecule has 2 N–H and O–H groups in total. The zero-order valence-corrected chi connectivity index (χ0v) is 13.3. The molecular formula is C19H21N3O. The lowest BCUT2D eigenvalue weighted by Gasteiger charge is -2.11. The summed E-state index contributed by atoms with van der Waals surface area (Å²) in [6, 6.07) is 17.8. The molecule has 3 aromatic rings. The van der Waals surface area contributed by atoms with Gasteiger partial charge in [-0.15, -0.1) is 0 Å². The maximum Gasteiger partial charge on any atom is 0.128 e. The summed E-state index contributed by atoms with van der Waals surface area (Å²) in [6.07, 6.45) is 2.90. The first kappa shape index (κ1) is 15.3. The fourth-order valence-corrected chi connectivity index (χ4v) is 2.46. The summed E-state index contributed by atoms with van der Waals surface area (Å²) in [5, 5.41) is 7.71. The minimum absolute atomic E-state index is 0.815. The van der Waals surface area contributed by atoms with E-state index in [4.69, 9.17) is 4.74 Å². The topological polar surface area (TPSA) is 46.2 Å². The molecule has 118 valence electrons. The van der Waals surface area contributed by atoms with E-state index in [2.05, 4.69) is 15.6 Å². The maximum absolute atomic E-state index is 5.92. The zero-order valence-electron chi connectivity index (χ0n) is 13.3. The first-order valence-electron chi connectivity index (χ1n) is 7.87. The van der Waals surface area contributed by atoms with Gasteiger partial charge < -0.3 is 15.4 Å². The number of aromatic nitrogens is 1. The van der Waals surface area contributed by atoms with Gasteiger partial charge in [-0.25, -0.2) is 0 Å². The molecule has 0 spiro atoms. The van der Waals surface area contributed by atoms with Crippen molar-refractivity contribution >= 4 is 16.6 Å². The van der Waals surface area contributed by atoms with Crippen LogP contribution in [0.3, 0.4) is 0 Å².